The molecule has 0 saturated heterocycles. The highest BCUT2D eigenvalue weighted by atomic mass is 35.5. The summed E-state index contributed by atoms with van der Waals surface area (Å²) in [6.07, 6.45) is -5.63. The molecular weight excluding hydrogens is 321 g/mol. The predicted octanol–water partition coefficient (Wildman–Crippen LogP) is 4.67. The first kappa shape index (κ1) is 16.6. The molecule has 22 heavy (non-hydrogen) atoms. The molecule has 0 spiro atoms. The van der Waals surface area contributed by atoms with E-state index in [4.69, 9.17) is 20.9 Å². The zero-order valence-corrected chi connectivity index (χ0v) is 12.7. The van der Waals surface area contributed by atoms with E-state index in [1.165, 1.54) is 0 Å². The molecule has 0 radical (unpaired) electrons. The Morgan fingerprint density at radius 1 is 1.32 bits per heavy atom. The van der Waals surface area contributed by atoms with Crippen molar-refractivity contribution < 1.29 is 22.4 Å². The van der Waals surface area contributed by atoms with Gasteiger partial charge < -0.3 is 9.26 Å². The van der Waals surface area contributed by atoms with Crippen LogP contribution in [0.15, 0.2) is 22.7 Å². The molecule has 0 atom stereocenters. The zero-order valence-electron chi connectivity index (χ0n) is 11.9. The second-order valence-corrected chi connectivity index (χ2v) is 5.35. The van der Waals surface area contributed by atoms with E-state index in [-0.39, 0.29) is 24.2 Å². The van der Waals surface area contributed by atoms with Crippen molar-refractivity contribution in [1.82, 2.24) is 10.1 Å². The fourth-order valence-corrected chi connectivity index (χ4v) is 1.94. The highest BCUT2D eigenvalue weighted by molar-refractivity contribution is 6.32. The molecule has 0 aliphatic heterocycles. The van der Waals surface area contributed by atoms with Crippen molar-refractivity contribution in [3.63, 3.8) is 0 Å². The van der Waals surface area contributed by atoms with Crippen LogP contribution in [0.2, 0.25) is 5.02 Å². The number of aryl methyl sites for hydroxylation is 1. The molecule has 0 fully saturated rings. The van der Waals surface area contributed by atoms with Gasteiger partial charge in [-0.1, -0.05) is 16.8 Å². The molecule has 2 aromatic rings. The molecule has 1 aromatic heterocycles. The van der Waals surface area contributed by atoms with Crippen LogP contribution in [0.25, 0.3) is 11.4 Å². The average Bonchev–Trinajstić information content (AvgIpc) is 2.86. The largest absolute Gasteiger partial charge is 0.489 e. The summed E-state index contributed by atoms with van der Waals surface area (Å²) in [6, 6.07) is 4.91. The summed E-state index contributed by atoms with van der Waals surface area (Å²) in [5.74, 6) is 0.641. The highest BCUT2D eigenvalue weighted by Gasteiger charge is 2.28. The van der Waals surface area contributed by atoms with Gasteiger partial charge in [0.15, 0.2) is 0 Å². The monoisotopic (exact) mass is 334 g/mol. The van der Waals surface area contributed by atoms with Crippen LogP contribution < -0.4 is 4.74 Å². The molecule has 0 bridgehead atoms. The fourth-order valence-electron chi connectivity index (χ4n) is 1.71. The first-order valence-electron chi connectivity index (χ1n) is 6.60. The Morgan fingerprint density at radius 3 is 2.64 bits per heavy atom. The minimum atomic E-state index is -4.26. The number of alkyl halides is 3. The summed E-state index contributed by atoms with van der Waals surface area (Å²) in [4.78, 5) is 3.94. The van der Waals surface area contributed by atoms with Gasteiger partial charge in [-0.2, -0.15) is 18.2 Å². The normalized spacial score (nSPS) is 12.0. The molecule has 120 valence electrons. The average molecular weight is 335 g/mol. The number of benzene rings is 1. The van der Waals surface area contributed by atoms with Crippen molar-refractivity contribution in [3.8, 4) is 17.1 Å². The first-order chi connectivity index (χ1) is 10.2. The van der Waals surface area contributed by atoms with Gasteiger partial charge in [-0.15, -0.1) is 0 Å². The molecule has 0 aliphatic carbocycles. The number of aromatic nitrogens is 2. The van der Waals surface area contributed by atoms with Crippen LogP contribution in [-0.4, -0.2) is 22.4 Å². The summed E-state index contributed by atoms with van der Waals surface area (Å²) in [6.45, 7) is 3.74. The van der Waals surface area contributed by atoms with Crippen molar-refractivity contribution in [2.75, 3.05) is 0 Å². The van der Waals surface area contributed by atoms with E-state index in [1.807, 2.05) is 13.8 Å². The Kier molecular flexibility index (Phi) is 4.95. The molecule has 2 rings (SSSR count). The van der Waals surface area contributed by atoms with Gasteiger partial charge in [0, 0.05) is 12.0 Å². The second kappa shape index (κ2) is 6.56. The van der Waals surface area contributed by atoms with Crippen LogP contribution in [0.5, 0.6) is 5.75 Å². The molecule has 1 heterocycles. The van der Waals surface area contributed by atoms with Crippen LogP contribution >= 0.6 is 11.6 Å². The molecule has 0 aliphatic rings. The maximum Gasteiger partial charge on any atom is 0.389 e. The smallest absolute Gasteiger partial charge is 0.389 e. The third-order valence-electron chi connectivity index (χ3n) is 2.64. The Bertz CT molecular complexity index is 641. The molecule has 0 unspecified atom stereocenters. The first-order valence-corrected chi connectivity index (χ1v) is 6.98. The fraction of sp³-hybridized carbons (Fsp3) is 0.429. The van der Waals surface area contributed by atoms with Crippen molar-refractivity contribution >= 4 is 11.6 Å². The van der Waals surface area contributed by atoms with E-state index < -0.39 is 12.6 Å². The van der Waals surface area contributed by atoms with E-state index in [0.717, 1.165) is 0 Å². The zero-order chi connectivity index (χ0) is 16.3. The van der Waals surface area contributed by atoms with Crippen LogP contribution in [0.4, 0.5) is 13.2 Å². The minimum Gasteiger partial charge on any atom is -0.489 e. The van der Waals surface area contributed by atoms with Crippen LogP contribution in [0.3, 0.4) is 0 Å². The van der Waals surface area contributed by atoms with Gasteiger partial charge in [-0.05, 0) is 32.0 Å². The number of nitrogens with zero attached hydrogens (tertiary/aromatic N) is 2. The summed E-state index contributed by atoms with van der Waals surface area (Å²) >= 11 is 6.09. The van der Waals surface area contributed by atoms with Gasteiger partial charge >= 0.3 is 6.18 Å². The number of hydrogen-bond acceptors (Lipinski definition) is 4. The number of rotatable bonds is 5. The van der Waals surface area contributed by atoms with E-state index >= 15 is 0 Å². The maximum absolute atomic E-state index is 12.2. The number of hydrogen-bond donors (Lipinski definition) is 0. The summed E-state index contributed by atoms with van der Waals surface area (Å²) in [5, 5.41) is 4.03. The summed E-state index contributed by atoms with van der Waals surface area (Å²) < 4.78 is 46.8. The molecular formula is C14H14ClF3N2O2. The van der Waals surface area contributed by atoms with Crippen LogP contribution in [0, 0.1) is 0 Å². The SMILES string of the molecule is CC(C)Oc1ccc(-c2noc(CCC(F)(F)F)n2)cc1Cl. The maximum atomic E-state index is 12.2. The van der Waals surface area contributed by atoms with Gasteiger partial charge in [-0.25, -0.2) is 0 Å². The number of halogens is 4. The van der Waals surface area contributed by atoms with E-state index in [2.05, 4.69) is 10.1 Å². The van der Waals surface area contributed by atoms with Gasteiger partial charge in [0.2, 0.25) is 11.7 Å². The Labute approximate surface area is 130 Å². The van der Waals surface area contributed by atoms with Crippen LogP contribution in [0.1, 0.15) is 26.2 Å². The van der Waals surface area contributed by atoms with E-state index in [9.17, 15) is 13.2 Å². The molecule has 0 N–H and O–H groups in total. The lowest BCUT2D eigenvalue weighted by molar-refractivity contribution is -0.134. The van der Waals surface area contributed by atoms with E-state index in [1.54, 1.807) is 18.2 Å². The van der Waals surface area contributed by atoms with Crippen molar-refractivity contribution in [3.05, 3.63) is 29.1 Å². The van der Waals surface area contributed by atoms with Crippen molar-refractivity contribution in [1.29, 1.82) is 0 Å². The third kappa shape index (κ3) is 4.62. The Morgan fingerprint density at radius 2 is 2.05 bits per heavy atom. The van der Waals surface area contributed by atoms with Crippen LogP contribution in [-0.2, 0) is 6.42 Å². The molecule has 0 saturated carbocycles. The van der Waals surface area contributed by atoms with E-state index in [0.29, 0.717) is 16.3 Å². The van der Waals surface area contributed by atoms with Gasteiger partial charge in [-0.3, -0.25) is 0 Å². The lowest BCUT2D eigenvalue weighted by Gasteiger charge is -2.11. The number of ether oxygens (including phenoxy) is 1. The summed E-state index contributed by atoms with van der Waals surface area (Å²) in [5.41, 5.74) is 0.545. The molecule has 4 nitrogen and oxygen atoms in total. The van der Waals surface area contributed by atoms with Gasteiger partial charge in [0.05, 0.1) is 17.5 Å². The van der Waals surface area contributed by atoms with Gasteiger partial charge in [0.25, 0.3) is 0 Å². The predicted molar refractivity (Wildman–Crippen MR) is 74.9 cm³/mol. The quantitative estimate of drug-likeness (QED) is 0.797. The molecule has 0 amide bonds. The summed E-state index contributed by atoms with van der Waals surface area (Å²) in [7, 11) is 0. The Balaban J connectivity index is 2.12. The van der Waals surface area contributed by atoms with Gasteiger partial charge in [0.1, 0.15) is 5.75 Å². The second-order valence-electron chi connectivity index (χ2n) is 4.94. The topological polar surface area (TPSA) is 48.2 Å². The molecule has 8 heteroatoms. The highest BCUT2D eigenvalue weighted by Crippen LogP contribution is 2.30. The van der Waals surface area contributed by atoms with Crippen molar-refractivity contribution in [2.24, 2.45) is 0 Å². The third-order valence-corrected chi connectivity index (χ3v) is 2.94. The lowest BCUT2D eigenvalue weighted by atomic mass is 10.2. The molecule has 1 aromatic carbocycles. The standard InChI is InChI=1S/C14H14ClF3N2O2/c1-8(2)21-11-4-3-9(7-10(11)15)13-19-12(22-20-13)5-6-14(16,17)18/h3-4,7-8H,5-6H2,1-2H3. The lowest BCUT2D eigenvalue weighted by Crippen LogP contribution is -2.08. The Hall–Kier alpha value is -1.76. The van der Waals surface area contributed by atoms with Crippen molar-refractivity contribution in [2.45, 2.75) is 39.0 Å². The minimum absolute atomic E-state index is 0.0255.